The van der Waals surface area contributed by atoms with Crippen LogP contribution in [0.25, 0.3) is 0 Å². The summed E-state index contributed by atoms with van der Waals surface area (Å²) < 4.78 is 0. The number of hydrogen-bond donors (Lipinski definition) is 2. The maximum absolute atomic E-state index is 5.77. The van der Waals surface area contributed by atoms with Crippen molar-refractivity contribution in [2.75, 3.05) is 11.5 Å². The van der Waals surface area contributed by atoms with Crippen LogP contribution < -0.4 is 11.5 Å². The molecule has 0 atom stereocenters. The Kier molecular flexibility index (Phi) is 3.54. The van der Waals surface area contributed by atoms with Gasteiger partial charge in [0.25, 0.3) is 0 Å². The van der Waals surface area contributed by atoms with Gasteiger partial charge in [-0.2, -0.15) is 0 Å². The molecule has 2 heteroatoms. The molecule has 0 saturated heterocycles. The zero-order valence-electron chi connectivity index (χ0n) is 9.77. The molecule has 0 bridgehead atoms. The molecule has 86 valence electrons. The molecule has 2 nitrogen and oxygen atoms in total. The van der Waals surface area contributed by atoms with Crippen LogP contribution in [0.3, 0.4) is 0 Å². The first kappa shape index (κ1) is 11.6. The minimum Gasteiger partial charge on any atom is -0.398 e. The third kappa shape index (κ3) is 2.84. The standard InChI is InChI=1S/C16H12N2/c17-15-11-5-3-9-13(15)7-1-2-8-14-10-4-6-12-16(14)18/h3-6,9-12H,17-18H2. The van der Waals surface area contributed by atoms with E-state index in [1.807, 2.05) is 48.5 Å². The Bertz CT molecular complexity index is 618. The highest BCUT2D eigenvalue weighted by atomic mass is 14.6. The quantitative estimate of drug-likeness (QED) is 0.540. The number of para-hydroxylation sites is 2. The summed E-state index contributed by atoms with van der Waals surface area (Å²) in [6.07, 6.45) is 0. The summed E-state index contributed by atoms with van der Waals surface area (Å²) in [6.45, 7) is 0. The second kappa shape index (κ2) is 5.48. The van der Waals surface area contributed by atoms with E-state index in [2.05, 4.69) is 23.7 Å². The Balaban J connectivity index is 2.20. The zero-order valence-corrected chi connectivity index (χ0v) is 9.77. The molecule has 0 amide bonds. The van der Waals surface area contributed by atoms with Gasteiger partial charge in [0, 0.05) is 22.5 Å². The summed E-state index contributed by atoms with van der Waals surface area (Å²) in [5.41, 5.74) is 14.4. The lowest BCUT2D eigenvalue weighted by Gasteiger charge is -1.94. The second-order valence-corrected chi connectivity index (χ2v) is 3.67. The molecule has 0 aliphatic heterocycles. The largest absolute Gasteiger partial charge is 0.398 e. The fourth-order valence-electron chi connectivity index (χ4n) is 1.42. The number of rotatable bonds is 0. The van der Waals surface area contributed by atoms with Crippen molar-refractivity contribution >= 4 is 11.4 Å². The van der Waals surface area contributed by atoms with E-state index in [-0.39, 0.29) is 0 Å². The van der Waals surface area contributed by atoms with Crippen molar-refractivity contribution < 1.29 is 0 Å². The minimum absolute atomic E-state index is 0.658. The Morgan fingerprint density at radius 1 is 0.611 bits per heavy atom. The Labute approximate surface area is 107 Å². The summed E-state index contributed by atoms with van der Waals surface area (Å²) in [5.74, 6) is 11.4. The van der Waals surface area contributed by atoms with Crippen LogP contribution in [0, 0.1) is 23.7 Å². The van der Waals surface area contributed by atoms with E-state index >= 15 is 0 Å². The predicted molar refractivity (Wildman–Crippen MR) is 75.5 cm³/mol. The van der Waals surface area contributed by atoms with Crippen molar-refractivity contribution in [1.82, 2.24) is 0 Å². The summed E-state index contributed by atoms with van der Waals surface area (Å²) in [5, 5.41) is 0. The van der Waals surface area contributed by atoms with E-state index in [9.17, 15) is 0 Å². The highest BCUT2D eigenvalue weighted by molar-refractivity contribution is 5.59. The summed E-state index contributed by atoms with van der Waals surface area (Å²) in [6, 6.07) is 14.9. The van der Waals surface area contributed by atoms with Gasteiger partial charge in [-0.25, -0.2) is 0 Å². The minimum atomic E-state index is 0.658. The van der Waals surface area contributed by atoms with Crippen LogP contribution in [0.1, 0.15) is 11.1 Å². The molecule has 0 aliphatic carbocycles. The molecule has 18 heavy (non-hydrogen) atoms. The lowest BCUT2D eigenvalue weighted by molar-refractivity contribution is 1.63. The highest BCUT2D eigenvalue weighted by Crippen LogP contribution is 2.08. The average molecular weight is 232 g/mol. The SMILES string of the molecule is Nc1ccccc1C#CC#Cc1ccccc1N. The van der Waals surface area contributed by atoms with E-state index in [1.165, 1.54) is 0 Å². The van der Waals surface area contributed by atoms with Crippen molar-refractivity contribution in [3.8, 4) is 23.7 Å². The van der Waals surface area contributed by atoms with Crippen LogP contribution in [0.4, 0.5) is 11.4 Å². The van der Waals surface area contributed by atoms with Gasteiger partial charge in [-0.15, -0.1) is 0 Å². The van der Waals surface area contributed by atoms with E-state index in [0.717, 1.165) is 11.1 Å². The zero-order chi connectivity index (χ0) is 12.8. The van der Waals surface area contributed by atoms with Gasteiger partial charge in [-0.05, 0) is 36.1 Å². The molecule has 0 aromatic heterocycles. The number of nitrogens with two attached hydrogens (primary N) is 2. The van der Waals surface area contributed by atoms with E-state index in [0.29, 0.717) is 11.4 Å². The van der Waals surface area contributed by atoms with Crippen LogP contribution in [0.2, 0.25) is 0 Å². The number of anilines is 2. The van der Waals surface area contributed by atoms with Crippen molar-refractivity contribution in [2.24, 2.45) is 0 Å². The van der Waals surface area contributed by atoms with Gasteiger partial charge in [0.1, 0.15) is 0 Å². The number of benzene rings is 2. The van der Waals surface area contributed by atoms with Crippen LogP contribution in [0.15, 0.2) is 48.5 Å². The first-order valence-electron chi connectivity index (χ1n) is 5.48. The molecule has 0 spiro atoms. The highest BCUT2D eigenvalue weighted by Gasteiger charge is 1.91. The lowest BCUT2D eigenvalue weighted by Crippen LogP contribution is -1.88. The molecule has 2 aromatic rings. The first-order chi connectivity index (χ1) is 8.77. The maximum atomic E-state index is 5.77. The van der Waals surface area contributed by atoms with Gasteiger partial charge in [0.15, 0.2) is 0 Å². The fourth-order valence-corrected chi connectivity index (χ4v) is 1.42. The molecule has 2 rings (SSSR count). The van der Waals surface area contributed by atoms with Crippen molar-refractivity contribution in [3.05, 3.63) is 59.7 Å². The lowest BCUT2D eigenvalue weighted by atomic mass is 10.2. The van der Waals surface area contributed by atoms with Gasteiger partial charge < -0.3 is 11.5 Å². The molecule has 2 aromatic carbocycles. The third-order valence-electron chi connectivity index (χ3n) is 2.38. The van der Waals surface area contributed by atoms with Gasteiger partial charge in [0.2, 0.25) is 0 Å². The van der Waals surface area contributed by atoms with Crippen LogP contribution in [-0.4, -0.2) is 0 Å². The van der Waals surface area contributed by atoms with Gasteiger partial charge >= 0.3 is 0 Å². The molecule has 0 aliphatic rings. The molecule has 0 radical (unpaired) electrons. The van der Waals surface area contributed by atoms with Gasteiger partial charge in [0.05, 0.1) is 0 Å². The molecule has 0 heterocycles. The fraction of sp³-hybridized carbons (Fsp3) is 0. The summed E-state index contributed by atoms with van der Waals surface area (Å²) >= 11 is 0. The number of hydrogen-bond acceptors (Lipinski definition) is 2. The Morgan fingerprint density at radius 3 is 1.39 bits per heavy atom. The topological polar surface area (TPSA) is 52.0 Å². The molecular formula is C16H12N2. The van der Waals surface area contributed by atoms with Crippen molar-refractivity contribution in [2.45, 2.75) is 0 Å². The average Bonchev–Trinajstić information content (AvgIpc) is 2.38. The monoisotopic (exact) mass is 232 g/mol. The van der Waals surface area contributed by atoms with Gasteiger partial charge in [-0.1, -0.05) is 36.1 Å². The summed E-state index contributed by atoms with van der Waals surface area (Å²) in [7, 11) is 0. The van der Waals surface area contributed by atoms with Crippen LogP contribution in [-0.2, 0) is 0 Å². The molecule has 4 N–H and O–H groups in total. The predicted octanol–water partition coefficient (Wildman–Crippen LogP) is 2.25. The first-order valence-corrected chi connectivity index (χ1v) is 5.48. The van der Waals surface area contributed by atoms with E-state index in [4.69, 9.17) is 11.5 Å². The Hall–Kier alpha value is -2.84. The molecule has 0 unspecified atom stereocenters. The van der Waals surface area contributed by atoms with Crippen molar-refractivity contribution in [1.29, 1.82) is 0 Å². The Morgan fingerprint density at radius 2 is 1.00 bits per heavy atom. The van der Waals surface area contributed by atoms with E-state index in [1.54, 1.807) is 0 Å². The normalized spacial score (nSPS) is 8.67. The van der Waals surface area contributed by atoms with Crippen LogP contribution >= 0.6 is 0 Å². The smallest absolute Gasteiger partial charge is 0.0485 e. The molecular weight excluding hydrogens is 220 g/mol. The third-order valence-corrected chi connectivity index (χ3v) is 2.38. The van der Waals surface area contributed by atoms with Crippen LogP contribution in [0.5, 0.6) is 0 Å². The summed E-state index contributed by atoms with van der Waals surface area (Å²) in [4.78, 5) is 0. The van der Waals surface area contributed by atoms with E-state index < -0.39 is 0 Å². The second-order valence-electron chi connectivity index (χ2n) is 3.67. The molecule has 0 fully saturated rings. The number of nitrogen functional groups attached to an aromatic ring is 2. The maximum Gasteiger partial charge on any atom is 0.0485 e. The molecule has 0 saturated carbocycles. The van der Waals surface area contributed by atoms with Gasteiger partial charge in [-0.3, -0.25) is 0 Å². The van der Waals surface area contributed by atoms with Crippen molar-refractivity contribution in [3.63, 3.8) is 0 Å².